The summed E-state index contributed by atoms with van der Waals surface area (Å²) in [5, 5.41) is 0. The number of nitrogens with two attached hydrogens (primary N) is 1. The number of hydrogen-bond acceptors (Lipinski definition) is 12. The van der Waals surface area contributed by atoms with Crippen molar-refractivity contribution in [2.24, 2.45) is 11.8 Å². The van der Waals surface area contributed by atoms with E-state index in [4.69, 9.17) is 15.2 Å². The lowest BCUT2D eigenvalue weighted by molar-refractivity contribution is -0.258. The average Bonchev–Trinajstić information content (AvgIpc) is 3.18. The van der Waals surface area contributed by atoms with Gasteiger partial charge in [-0.05, 0) is 16.4 Å². The monoisotopic (exact) mass is 502 g/mol. The van der Waals surface area contributed by atoms with Crippen LogP contribution in [0.3, 0.4) is 0 Å². The number of hydrogen-bond donors (Lipinski definition) is 1. The Balaban J connectivity index is 0.000000620. The highest BCUT2D eigenvalue weighted by Gasteiger charge is 2.20. The number of nitrogens with zero attached hydrogens (tertiary/aromatic N) is 4. The molecule has 14 heteroatoms. The molecule has 0 radical (unpaired) electrons. The summed E-state index contributed by atoms with van der Waals surface area (Å²) in [6.45, 7) is 8.01. The second kappa shape index (κ2) is 16.0. The van der Waals surface area contributed by atoms with E-state index in [0.717, 1.165) is 0 Å². The van der Waals surface area contributed by atoms with E-state index >= 15 is 0 Å². The second-order valence-electron chi connectivity index (χ2n) is 7.84. The highest BCUT2D eigenvalue weighted by atomic mass is 31.1. The van der Waals surface area contributed by atoms with Crippen LogP contribution in [-0.4, -0.2) is 58.3 Å². The van der Waals surface area contributed by atoms with E-state index in [2.05, 4.69) is 29.3 Å². The molecule has 2 aromatic heterocycles. The van der Waals surface area contributed by atoms with E-state index in [1.54, 1.807) is 10.9 Å². The first-order chi connectivity index (χ1) is 16.1. The van der Waals surface area contributed by atoms with Gasteiger partial charge in [0.2, 0.25) is 6.79 Å². The fraction of sp³-hybridized carbons (Fsp3) is 0.650. The molecule has 0 aromatic carbocycles. The van der Waals surface area contributed by atoms with E-state index in [9.17, 15) is 14.2 Å². The van der Waals surface area contributed by atoms with Crippen molar-refractivity contribution < 1.29 is 37.9 Å². The third-order valence-electron chi connectivity index (χ3n) is 3.88. The summed E-state index contributed by atoms with van der Waals surface area (Å²) in [6.07, 6.45) is 3.56. The molecule has 1 atom stereocenters. The van der Waals surface area contributed by atoms with Gasteiger partial charge in [-0.15, -0.1) is 4.89 Å². The number of carbonyl (C=O) groups is 2. The van der Waals surface area contributed by atoms with Crippen molar-refractivity contribution in [3.8, 4) is 0 Å². The number of methoxy groups -OCH3 is 1. The topological polar surface area (TPSA) is 167 Å². The van der Waals surface area contributed by atoms with E-state index < -0.39 is 20.8 Å². The molecule has 0 amide bonds. The zero-order valence-electron chi connectivity index (χ0n) is 20.1. The molecule has 34 heavy (non-hydrogen) atoms. The number of aromatic nitrogens is 4. The Kier molecular flexibility index (Phi) is 13.8. The fourth-order valence-electron chi connectivity index (χ4n) is 2.36. The Hall–Kier alpha value is -2.73. The standard InChI is InChI=1S/C14H21N5O6P.C6H12O2/c1-10(2)5-11(20)23-8-24-25-26(21)9-22-4-3-19-7-18-12-13(15)16-6-17-14(12)19;1-5(2)4-6(7)8-3/h6-7,10H,3-5,8-9H2,1-2H3,(H2,15,16,17);5H,4H2,1-3H3/q+1;. The maximum absolute atomic E-state index is 11.6. The minimum atomic E-state index is -2.19. The van der Waals surface area contributed by atoms with Gasteiger partial charge in [0.1, 0.15) is 11.8 Å². The summed E-state index contributed by atoms with van der Waals surface area (Å²) in [5.74, 6) is 0.357. The van der Waals surface area contributed by atoms with Crippen molar-refractivity contribution in [2.45, 2.75) is 47.1 Å². The van der Waals surface area contributed by atoms with Gasteiger partial charge in [-0.25, -0.2) is 15.0 Å². The van der Waals surface area contributed by atoms with Crippen LogP contribution in [0.15, 0.2) is 12.7 Å². The van der Waals surface area contributed by atoms with Crippen LogP contribution < -0.4 is 5.73 Å². The molecule has 2 rings (SSSR count). The number of fused-ring (bicyclic) bond motifs is 1. The molecule has 2 heterocycles. The van der Waals surface area contributed by atoms with Crippen molar-refractivity contribution in [1.29, 1.82) is 0 Å². The molecular formula is C20H33N5O8P+. The van der Waals surface area contributed by atoms with Gasteiger partial charge in [0.25, 0.3) is 6.35 Å². The minimum absolute atomic E-state index is 0.125. The van der Waals surface area contributed by atoms with Crippen LogP contribution in [0.2, 0.25) is 0 Å². The number of nitrogen functional groups attached to an aromatic ring is 1. The summed E-state index contributed by atoms with van der Waals surface area (Å²) in [5.41, 5.74) is 6.81. The summed E-state index contributed by atoms with van der Waals surface area (Å²) >= 11 is 0. The van der Waals surface area contributed by atoms with Crippen molar-refractivity contribution in [3.05, 3.63) is 12.7 Å². The molecule has 0 aliphatic carbocycles. The predicted molar refractivity (Wildman–Crippen MR) is 122 cm³/mol. The Labute approximate surface area is 199 Å². The van der Waals surface area contributed by atoms with E-state index in [1.165, 1.54) is 13.4 Å². The van der Waals surface area contributed by atoms with Crippen LogP contribution in [0, 0.1) is 11.8 Å². The van der Waals surface area contributed by atoms with Gasteiger partial charge in [0.05, 0.1) is 20.0 Å². The molecule has 13 nitrogen and oxygen atoms in total. The van der Waals surface area contributed by atoms with Gasteiger partial charge in [-0.1, -0.05) is 27.7 Å². The number of ether oxygens (including phenoxy) is 3. The first-order valence-electron chi connectivity index (χ1n) is 10.6. The van der Waals surface area contributed by atoms with Crippen LogP contribution in [0.4, 0.5) is 5.82 Å². The lowest BCUT2D eigenvalue weighted by Gasteiger charge is -2.04. The first kappa shape index (κ1) is 29.3. The molecule has 2 N–H and O–H groups in total. The van der Waals surface area contributed by atoms with Crippen LogP contribution in [-0.2, 0) is 44.5 Å². The quantitative estimate of drug-likeness (QED) is 0.106. The number of carbonyl (C=O) groups excluding carboxylic acids is 2. The van der Waals surface area contributed by atoms with E-state index in [1.807, 2.05) is 27.7 Å². The van der Waals surface area contributed by atoms with E-state index in [-0.39, 0.29) is 31.3 Å². The largest absolute Gasteiger partial charge is 0.568 e. The van der Waals surface area contributed by atoms with Crippen molar-refractivity contribution in [3.63, 3.8) is 0 Å². The molecule has 0 bridgehead atoms. The number of esters is 2. The second-order valence-corrected chi connectivity index (χ2v) is 8.91. The Bertz CT molecular complexity index is 922. The fourth-order valence-corrected chi connectivity index (χ4v) is 2.85. The van der Waals surface area contributed by atoms with Crippen LogP contribution >= 0.6 is 8.03 Å². The molecule has 0 fully saturated rings. The number of imidazole rings is 1. The minimum Gasteiger partial charge on any atom is -0.469 e. The zero-order valence-corrected chi connectivity index (χ0v) is 21.0. The van der Waals surface area contributed by atoms with Crippen molar-refractivity contribution in [1.82, 2.24) is 19.5 Å². The van der Waals surface area contributed by atoms with Crippen LogP contribution in [0.1, 0.15) is 40.5 Å². The molecular weight excluding hydrogens is 469 g/mol. The number of rotatable bonds is 13. The van der Waals surface area contributed by atoms with Gasteiger partial charge < -0.3 is 24.5 Å². The van der Waals surface area contributed by atoms with E-state index in [0.29, 0.717) is 35.9 Å². The average molecular weight is 502 g/mol. The van der Waals surface area contributed by atoms with Gasteiger partial charge in [-0.3, -0.25) is 9.59 Å². The third kappa shape index (κ3) is 11.9. The van der Waals surface area contributed by atoms with Gasteiger partial charge >= 0.3 is 20.0 Å². The summed E-state index contributed by atoms with van der Waals surface area (Å²) < 4.78 is 32.3. The first-order valence-corrected chi connectivity index (χ1v) is 12.0. The highest BCUT2D eigenvalue weighted by molar-refractivity contribution is 7.38. The Morgan fingerprint density at radius 3 is 2.38 bits per heavy atom. The molecule has 190 valence electrons. The summed E-state index contributed by atoms with van der Waals surface area (Å²) in [4.78, 5) is 38.3. The lowest BCUT2D eigenvalue weighted by Crippen LogP contribution is -2.10. The molecule has 0 aliphatic rings. The molecule has 0 spiro atoms. The van der Waals surface area contributed by atoms with Crippen molar-refractivity contribution in [2.75, 3.05) is 32.6 Å². The number of anilines is 1. The maximum Gasteiger partial charge on any atom is 0.568 e. The normalized spacial score (nSPS) is 11.3. The molecule has 2 aromatic rings. The SMILES string of the molecule is CC(C)CC(=O)OCOO[P+](=O)COCCn1cnc2c(N)ncnc21.COC(=O)CC(C)C. The molecule has 0 saturated heterocycles. The lowest BCUT2D eigenvalue weighted by atomic mass is 10.1. The smallest absolute Gasteiger partial charge is 0.469 e. The molecule has 1 unspecified atom stereocenters. The Morgan fingerprint density at radius 1 is 1.09 bits per heavy atom. The predicted octanol–water partition coefficient (Wildman–Crippen LogP) is 2.83. The highest BCUT2D eigenvalue weighted by Crippen LogP contribution is 2.22. The van der Waals surface area contributed by atoms with Gasteiger partial charge in [0.15, 0.2) is 11.5 Å². The third-order valence-corrected chi connectivity index (χ3v) is 4.55. The van der Waals surface area contributed by atoms with Crippen molar-refractivity contribution >= 4 is 36.9 Å². The zero-order chi connectivity index (χ0) is 25.5. The van der Waals surface area contributed by atoms with Gasteiger partial charge in [0, 0.05) is 24.1 Å². The van der Waals surface area contributed by atoms with Crippen LogP contribution in [0.5, 0.6) is 0 Å². The summed E-state index contributed by atoms with van der Waals surface area (Å²) in [6, 6.07) is 0. The van der Waals surface area contributed by atoms with Crippen LogP contribution in [0.25, 0.3) is 11.2 Å². The molecule has 0 aliphatic heterocycles. The summed E-state index contributed by atoms with van der Waals surface area (Å²) in [7, 11) is -0.786. The van der Waals surface area contributed by atoms with Gasteiger partial charge in [-0.2, -0.15) is 0 Å². The Morgan fingerprint density at radius 2 is 1.76 bits per heavy atom. The maximum atomic E-state index is 11.6. The molecule has 0 saturated carbocycles.